The van der Waals surface area contributed by atoms with E-state index in [0.29, 0.717) is 0 Å². The van der Waals surface area contributed by atoms with E-state index in [1.807, 2.05) is 0 Å². The second-order valence-electron chi connectivity index (χ2n) is 6.75. The molecule has 0 saturated carbocycles. The third kappa shape index (κ3) is 7.26. The van der Waals surface area contributed by atoms with E-state index in [1.165, 1.54) is 70.0 Å². The summed E-state index contributed by atoms with van der Waals surface area (Å²) in [5.74, 6) is 0. The number of rotatable bonds is 13. The highest BCUT2D eigenvalue weighted by atomic mass is 15.3. The third-order valence-corrected chi connectivity index (χ3v) is 4.67. The summed E-state index contributed by atoms with van der Waals surface area (Å²) < 4.78 is 0.987. The standard InChI is InChI=1S/C21H36N/c1-4-6-7-8-9-10-11-12-16-20-22(3,19-5-2)21-17-14-13-15-18-21/h5,13-15,17-18H,2,4,6-12,16,19-20H2,1,3H3/q+1. The molecule has 1 unspecified atom stereocenters. The molecular weight excluding hydrogens is 266 g/mol. The van der Waals surface area contributed by atoms with Crippen LogP contribution in [0, 0.1) is 0 Å². The second-order valence-corrected chi connectivity index (χ2v) is 6.75. The van der Waals surface area contributed by atoms with Crippen molar-refractivity contribution in [2.24, 2.45) is 0 Å². The Kier molecular flexibility index (Phi) is 9.90. The van der Waals surface area contributed by atoms with Crippen LogP contribution in [0.4, 0.5) is 5.69 Å². The van der Waals surface area contributed by atoms with Crippen LogP contribution < -0.4 is 4.48 Å². The predicted molar refractivity (Wildman–Crippen MR) is 101 cm³/mol. The van der Waals surface area contributed by atoms with Gasteiger partial charge >= 0.3 is 0 Å². The average Bonchev–Trinajstić information content (AvgIpc) is 2.54. The Morgan fingerprint density at radius 3 is 1.95 bits per heavy atom. The van der Waals surface area contributed by atoms with Gasteiger partial charge in [-0.25, -0.2) is 0 Å². The molecule has 1 nitrogen and oxygen atoms in total. The van der Waals surface area contributed by atoms with Crippen molar-refractivity contribution in [2.75, 3.05) is 20.1 Å². The Balaban J connectivity index is 2.24. The van der Waals surface area contributed by atoms with Gasteiger partial charge in [-0.05, 0) is 31.1 Å². The molecule has 0 aliphatic rings. The molecule has 0 heterocycles. The van der Waals surface area contributed by atoms with Gasteiger partial charge in [0.2, 0.25) is 0 Å². The summed E-state index contributed by atoms with van der Waals surface area (Å²) in [5, 5.41) is 0. The van der Waals surface area contributed by atoms with Gasteiger partial charge < -0.3 is 0 Å². The Hall–Kier alpha value is -1.08. The van der Waals surface area contributed by atoms with Crippen LogP contribution in [0.25, 0.3) is 0 Å². The molecule has 0 aliphatic heterocycles. The van der Waals surface area contributed by atoms with Gasteiger partial charge in [0.1, 0.15) is 12.2 Å². The van der Waals surface area contributed by atoms with E-state index >= 15 is 0 Å². The lowest BCUT2D eigenvalue weighted by atomic mass is 10.1. The summed E-state index contributed by atoms with van der Waals surface area (Å²) in [4.78, 5) is 0. The van der Waals surface area contributed by atoms with Crippen molar-refractivity contribution in [1.29, 1.82) is 0 Å². The molecule has 0 aromatic heterocycles. The van der Waals surface area contributed by atoms with Crippen LogP contribution in [-0.2, 0) is 0 Å². The fraction of sp³-hybridized carbons (Fsp3) is 0.619. The molecule has 0 bridgehead atoms. The quantitative estimate of drug-likeness (QED) is 0.226. The molecule has 1 heteroatoms. The normalized spacial score (nSPS) is 13.7. The maximum Gasteiger partial charge on any atom is 0.132 e. The van der Waals surface area contributed by atoms with Gasteiger partial charge in [-0.15, -0.1) is 0 Å². The zero-order valence-corrected chi connectivity index (χ0v) is 14.9. The SMILES string of the molecule is C=CC[N+](C)(CCCCCCCCCCC)c1ccccc1. The van der Waals surface area contributed by atoms with Gasteiger partial charge in [-0.3, -0.25) is 4.48 Å². The molecule has 0 aliphatic carbocycles. The Morgan fingerprint density at radius 2 is 1.41 bits per heavy atom. The molecule has 0 spiro atoms. The minimum Gasteiger partial charge on any atom is -0.290 e. The summed E-state index contributed by atoms with van der Waals surface area (Å²) in [6, 6.07) is 10.9. The molecule has 0 radical (unpaired) electrons. The van der Waals surface area contributed by atoms with Crippen molar-refractivity contribution in [1.82, 2.24) is 4.48 Å². The van der Waals surface area contributed by atoms with E-state index in [-0.39, 0.29) is 0 Å². The Bertz CT molecular complexity index is 384. The van der Waals surface area contributed by atoms with Crippen molar-refractivity contribution < 1.29 is 0 Å². The Labute approximate surface area is 138 Å². The first-order chi connectivity index (χ1) is 10.7. The zero-order valence-electron chi connectivity index (χ0n) is 14.9. The van der Waals surface area contributed by atoms with Crippen LogP contribution in [0.1, 0.15) is 64.7 Å². The molecule has 0 saturated heterocycles. The van der Waals surface area contributed by atoms with E-state index < -0.39 is 0 Å². The number of benzene rings is 1. The minimum absolute atomic E-state index is 0.987. The van der Waals surface area contributed by atoms with Crippen LogP contribution in [0.15, 0.2) is 43.0 Å². The zero-order chi connectivity index (χ0) is 16.1. The summed E-state index contributed by atoms with van der Waals surface area (Å²) >= 11 is 0. The first-order valence-electron chi connectivity index (χ1n) is 9.24. The molecular formula is C21H36N+. The fourth-order valence-corrected chi connectivity index (χ4v) is 3.17. The second kappa shape index (κ2) is 11.5. The maximum absolute atomic E-state index is 3.95. The number of hydrogen-bond donors (Lipinski definition) is 0. The lowest BCUT2D eigenvalue weighted by Gasteiger charge is -2.33. The number of para-hydroxylation sites is 1. The summed E-state index contributed by atoms with van der Waals surface area (Å²) in [5.41, 5.74) is 1.40. The van der Waals surface area contributed by atoms with Crippen LogP contribution in [-0.4, -0.2) is 20.1 Å². The van der Waals surface area contributed by atoms with Gasteiger partial charge in [-0.1, -0.05) is 76.6 Å². The molecule has 1 aromatic carbocycles. The van der Waals surface area contributed by atoms with Gasteiger partial charge in [-0.2, -0.15) is 0 Å². The van der Waals surface area contributed by atoms with Crippen LogP contribution in [0.5, 0.6) is 0 Å². The number of nitrogens with zero attached hydrogens (tertiary/aromatic N) is 1. The highest BCUT2D eigenvalue weighted by Crippen LogP contribution is 2.22. The van der Waals surface area contributed by atoms with Gasteiger partial charge in [0.25, 0.3) is 0 Å². The summed E-state index contributed by atoms with van der Waals surface area (Å²) in [6.45, 7) is 8.46. The number of quaternary nitrogens is 1. The molecule has 0 amide bonds. The lowest BCUT2D eigenvalue weighted by molar-refractivity contribution is 0.349. The van der Waals surface area contributed by atoms with E-state index in [4.69, 9.17) is 0 Å². The number of hydrogen-bond acceptors (Lipinski definition) is 0. The van der Waals surface area contributed by atoms with Crippen molar-refractivity contribution >= 4 is 5.69 Å². The average molecular weight is 303 g/mol. The Morgan fingerprint density at radius 1 is 0.864 bits per heavy atom. The maximum atomic E-state index is 3.95. The summed E-state index contributed by atoms with van der Waals surface area (Å²) in [7, 11) is 2.34. The molecule has 0 fully saturated rings. The molecule has 1 rings (SSSR count). The summed E-state index contributed by atoms with van der Waals surface area (Å²) in [6.07, 6.45) is 14.6. The number of likely N-dealkylation sites (N-methyl/N-ethyl adjacent to an activating group) is 1. The van der Waals surface area contributed by atoms with Crippen LogP contribution >= 0.6 is 0 Å². The van der Waals surface area contributed by atoms with Crippen molar-refractivity contribution in [3.05, 3.63) is 43.0 Å². The molecule has 0 N–H and O–H groups in total. The van der Waals surface area contributed by atoms with Gasteiger partial charge in [0.05, 0.1) is 13.6 Å². The van der Waals surface area contributed by atoms with Crippen LogP contribution in [0.2, 0.25) is 0 Å². The smallest absolute Gasteiger partial charge is 0.132 e. The monoisotopic (exact) mass is 302 g/mol. The van der Waals surface area contributed by atoms with E-state index in [0.717, 1.165) is 11.0 Å². The molecule has 22 heavy (non-hydrogen) atoms. The third-order valence-electron chi connectivity index (χ3n) is 4.67. The van der Waals surface area contributed by atoms with Crippen molar-refractivity contribution in [2.45, 2.75) is 64.7 Å². The van der Waals surface area contributed by atoms with E-state index in [1.54, 1.807) is 0 Å². The van der Waals surface area contributed by atoms with Crippen LogP contribution in [0.3, 0.4) is 0 Å². The van der Waals surface area contributed by atoms with Gasteiger partial charge in [0, 0.05) is 0 Å². The van der Waals surface area contributed by atoms with Crippen molar-refractivity contribution in [3.8, 4) is 0 Å². The topological polar surface area (TPSA) is 0 Å². The van der Waals surface area contributed by atoms with Crippen molar-refractivity contribution in [3.63, 3.8) is 0 Å². The molecule has 124 valence electrons. The fourth-order valence-electron chi connectivity index (χ4n) is 3.17. The molecule has 1 aromatic rings. The van der Waals surface area contributed by atoms with E-state index in [9.17, 15) is 0 Å². The largest absolute Gasteiger partial charge is 0.290 e. The lowest BCUT2D eigenvalue weighted by Crippen LogP contribution is -2.46. The van der Waals surface area contributed by atoms with Gasteiger partial charge in [0.15, 0.2) is 0 Å². The van der Waals surface area contributed by atoms with E-state index in [2.05, 4.69) is 57.0 Å². The first kappa shape index (κ1) is 19.0. The number of unbranched alkanes of at least 4 members (excludes halogenated alkanes) is 8. The molecule has 1 atom stereocenters. The highest BCUT2D eigenvalue weighted by Gasteiger charge is 2.22. The highest BCUT2D eigenvalue weighted by molar-refractivity contribution is 5.42. The first-order valence-corrected chi connectivity index (χ1v) is 9.24. The predicted octanol–water partition coefficient (Wildman–Crippen LogP) is 6.34. The minimum atomic E-state index is 0.987.